The van der Waals surface area contributed by atoms with E-state index in [1.165, 1.54) is 0 Å². The highest BCUT2D eigenvalue weighted by Gasteiger charge is 2.33. The van der Waals surface area contributed by atoms with Gasteiger partial charge in [-0.05, 0) is 25.0 Å². The first kappa shape index (κ1) is 15.6. The van der Waals surface area contributed by atoms with Gasteiger partial charge in [-0.3, -0.25) is 4.79 Å². The van der Waals surface area contributed by atoms with Gasteiger partial charge in [-0.15, -0.1) is 0 Å². The third-order valence-electron chi connectivity index (χ3n) is 4.58. The fraction of sp³-hybridized carbons (Fsp3) is 0.316. The molecule has 2 aromatic heterocycles. The van der Waals surface area contributed by atoms with E-state index in [0.29, 0.717) is 12.1 Å². The predicted octanol–water partition coefficient (Wildman–Crippen LogP) is 2.78. The Morgan fingerprint density at radius 2 is 2.12 bits per heavy atom. The molecule has 1 saturated carbocycles. The summed E-state index contributed by atoms with van der Waals surface area (Å²) >= 11 is 0. The summed E-state index contributed by atoms with van der Waals surface area (Å²) in [6.07, 6.45) is 5.43. The molecule has 1 aliphatic carbocycles. The van der Waals surface area contributed by atoms with Gasteiger partial charge in [0.2, 0.25) is 0 Å². The van der Waals surface area contributed by atoms with E-state index in [4.69, 9.17) is 4.74 Å². The number of fused-ring (bicyclic) bond motifs is 1. The van der Waals surface area contributed by atoms with E-state index in [-0.39, 0.29) is 11.9 Å². The molecule has 1 fully saturated rings. The maximum atomic E-state index is 13.1. The molecule has 1 aliphatic rings. The summed E-state index contributed by atoms with van der Waals surface area (Å²) in [6.45, 7) is 0.535. The Labute approximate surface area is 146 Å². The molecule has 1 aromatic carbocycles. The summed E-state index contributed by atoms with van der Waals surface area (Å²) in [7, 11) is 3.54. The number of hydrogen-bond donors (Lipinski definition) is 0. The average molecular weight is 336 g/mol. The molecule has 0 saturated heterocycles. The maximum absolute atomic E-state index is 13.1. The number of carbonyl (C=O) groups is 1. The molecule has 4 rings (SSSR count). The number of para-hydroxylation sites is 1. The standard InChI is InChI=1S/C19H20N4O2/c1-22-12-21-16-9-14(10-20-18(16)22)19(24)23(15-7-8-15)11-13-5-3-4-6-17(13)25-2/h3-6,9-10,12,15H,7-8,11H2,1-2H3. The lowest BCUT2D eigenvalue weighted by atomic mass is 10.1. The van der Waals surface area contributed by atoms with Crippen molar-refractivity contribution in [2.24, 2.45) is 7.05 Å². The topological polar surface area (TPSA) is 60.2 Å². The zero-order chi connectivity index (χ0) is 17.4. The van der Waals surface area contributed by atoms with E-state index in [1.807, 2.05) is 46.8 Å². The van der Waals surface area contributed by atoms with Crippen LogP contribution in [-0.4, -0.2) is 38.5 Å². The van der Waals surface area contributed by atoms with Gasteiger partial charge in [0.05, 0.1) is 19.0 Å². The third kappa shape index (κ3) is 2.95. The number of amides is 1. The Morgan fingerprint density at radius 1 is 1.32 bits per heavy atom. The number of carbonyl (C=O) groups excluding carboxylic acids is 1. The lowest BCUT2D eigenvalue weighted by Crippen LogP contribution is -2.32. The van der Waals surface area contributed by atoms with E-state index in [0.717, 1.165) is 35.3 Å². The summed E-state index contributed by atoms with van der Waals surface area (Å²) in [5.74, 6) is 0.799. The summed E-state index contributed by atoms with van der Waals surface area (Å²) in [4.78, 5) is 23.7. The van der Waals surface area contributed by atoms with Gasteiger partial charge in [-0.25, -0.2) is 9.97 Å². The van der Waals surface area contributed by atoms with Gasteiger partial charge >= 0.3 is 0 Å². The Morgan fingerprint density at radius 3 is 2.88 bits per heavy atom. The summed E-state index contributed by atoms with van der Waals surface area (Å²) in [5.41, 5.74) is 3.10. The van der Waals surface area contributed by atoms with Crippen molar-refractivity contribution >= 4 is 17.1 Å². The first-order valence-corrected chi connectivity index (χ1v) is 8.37. The van der Waals surface area contributed by atoms with Crippen molar-refractivity contribution in [2.75, 3.05) is 7.11 Å². The number of imidazole rings is 1. The number of nitrogens with zero attached hydrogens (tertiary/aromatic N) is 4. The summed E-state index contributed by atoms with van der Waals surface area (Å²) in [6, 6.07) is 9.94. The lowest BCUT2D eigenvalue weighted by Gasteiger charge is -2.23. The van der Waals surface area contributed by atoms with Crippen LogP contribution in [0.1, 0.15) is 28.8 Å². The Hall–Kier alpha value is -2.89. The normalized spacial score (nSPS) is 13.8. The second-order valence-corrected chi connectivity index (χ2v) is 6.40. The predicted molar refractivity (Wildman–Crippen MR) is 94.4 cm³/mol. The zero-order valence-corrected chi connectivity index (χ0v) is 14.3. The van der Waals surface area contributed by atoms with Crippen molar-refractivity contribution in [3.8, 4) is 5.75 Å². The first-order valence-electron chi connectivity index (χ1n) is 8.37. The van der Waals surface area contributed by atoms with Crippen molar-refractivity contribution in [3.05, 3.63) is 54.0 Å². The third-order valence-corrected chi connectivity index (χ3v) is 4.58. The van der Waals surface area contributed by atoms with E-state index in [1.54, 1.807) is 19.6 Å². The molecular weight excluding hydrogens is 316 g/mol. The largest absolute Gasteiger partial charge is 0.496 e. The number of ether oxygens (including phenoxy) is 1. The van der Waals surface area contributed by atoms with Crippen LogP contribution >= 0.6 is 0 Å². The maximum Gasteiger partial charge on any atom is 0.256 e. The van der Waals surface area contributed by atoms with Crippen LogP contribution in [0.15, 0.2) is 42.9 Å². The minimum atomic E-state index is -0.00606. The molecule has 0 bridgehead atoms. The van der Waals surface area contributed by atoms with E-state index < -0.39 is 0 Å². The van der Waals surface area contributed by atoms with Crippen LogP contribution in [0.25, 0.3) is 11.2 Å². The molecule has 6 nitrogen and oxygen atoms in total. The van der Waals surface area contributed by atoms with Crippen LogP contribution in [-0.2, 0) is 13.6 Å². The van der Waals surface area contributed by atoms with E-state index >= 15 is 0 Å². The van der Waals surface area contributed by atoms with Crippen LogP contribution < -0.4 is 4.74 Å². The smallest absolute Gasteiger partial charge is 0.256 e. The van der Waals surface area contributed by atoms with E-state index in [2.05, 4.69) is 9.97 Å². The number of aryl methyl sites for hydroxylation is 1. The van der Waals surface area contributed by atoms with Gasteiger partial charge in [0.15, 0.2) is 5.65 Å². The molecule has 1 amide bonds. The van der Waals surface area contributed by atoms with Crippen molar-refractivity contribution in [3.63, 3.8) is 0 Å². The fourth-order valence-electron chi connectivity index (χ4n) is 3.07. The molecule has 2 heterocycles. The molecule has 25 heavy (non-hydrogen) atoms. The molecule has 6 heteroatoms. The second-order valence-electron chi connectivity index (χ2n) is 6.40. The Balaban J connectivity index is 1.64. The number of methoxy groups -OCH3 is 1. The molecule has 3 aromatic rings. The average Bonchev–Trinajstić information content (AvgIpc) is 3.42. The van der Waals surface area contributed by atoms with Crippen molar-refractivity contribution in [1.29, 1.82) is 0 Å². The Bertz CT molecular complexity index is 930. The highest BCUT2D eigenvalue weighted by Crippen LogP contribution is 2.31. The van der Waals surface area contributed by atoms with Crippen molar-refractivity contribution in [2.45, 2.75) is 25.4 Å². The molecule has 0 atom stereocenters. The van der Waals surface area contributed by atoms with Crippen LogP contribution in [0.3, 0.4) is 0 Å². The van der Waals surface area contributed by atoms with E-state index in [9.17, 15) is 4.79 Å². The molecule has 0 unspecified atom stereocenters. The molecule has 0 N–H and O–H groups in total. The molecule has 128 valence electrons. The van der Waals surface area contributed by atoms with Gasteiger partial charge in [-0.2, -0.15) is 0 Å². The SMILES string of the molecule is COc1ccccc1CN(C(=O)c1cnc2c(c1)ncn2C)C1CC1. The summed E-state index contributed by atoms with van der Waals surface area (Å²) in [5, 5.41) is 0. The molecule has 0 aliphatic heterocycles. The first-order chi connectivity index (χ1) is 12.2. The monoisotopic (exact) mass is 336 g/mol. The lowest BCUT2D eigenvalue weighted by molar-refractivity contribution is 0.0728. The van der Waals surface area contributed by atoms with Crippen LogP contribution in [0.4, 0.5) is 0 Å². The zero-order valence-electron chi connectivity index (χ0n) is 14.3. The second kappa shape index (κ2) is 6.20. The van der Waals surface area contributed by atoms with Crippen LogP contribution in [0.5, 0.6) is 5.75 Å². The number of pyridine rings is 1. The number of rotatable bonds is 5. The van der Waals surface area contributed by atoms with Gasteiger partial charge in [0.1, 0.15) is 11.3 Å². The minimum absolute atomic E-state index is 0.00606. The van der Waals surface area contributed by atoms with Crippen LogP contribution in [0, 0.1) is 0 Å². The minimum Gasteiger partial charge on any atom is -0.496 e. The van der Waals surface area contributed by atoms with Crippen molar-refractivity contribution < 1.29 is 9.53 Å². The number of hydrogen-bond acceptors (Lipinski definition) is 4. The van der Waals surface area contributed by atoms with Gasteiger partial charge < -0.3 is 14.2 Å². The molecule has 0 radical (unpaired) electrons. The van der Waals surface area contributed by atoms with Gasteiger partial charge in [-0.1, -0.05) is 18.2 Å². The fourth-order valence-corrected chi connectivity index (χ4v) is 3.07. The molecular formula is C19H20N4O2. The van der Waals surface area contributed by atoms with Crippen LogP contribution in [0.2, 0.25) is 0 Å². The highest BCUT2D eigenvalue weighted by molar-refractivity contribution is 5.96. The Kier molecular flexibility index (Phi) is 3.87. The number of benzene rings is 1. The summed E-state index contributed by atoms with van der Waals surface area (Å²) < 4.78 is 7.27. The van der Waals surface area contributed by atoms with Crippen molar-refractivity contribution in [1.82, 2.24) is 19.4 Å². The van der Waals surface area contributed by atoms with Gasteiger partial charge in [0.25, 0.3) is 5.91 Å². The van der Waals surface area contributed by atoms with Gasteiger partial charge in [0, 0.05) is 31.4 Å². The quantitative estimate of drug-likeness (QED) is 0.719. The molecule has 0 spiro atoms. The number of aromatic nitrogens is 3. The highest BCUT2D eigenvalue weighted by atomic mass is 16.5.